The van der Waals surface area contributed by atoms with Gasteiger partial charge < -0.3 is 30.1 Å². The molecule has 38 heavy (non-hydrogen) atoms. The Balaban J connectivity index is 0.000000905. The van der Waals surface area contributed by atoms with Crippen molar-refractivity contribution in [3.05, 3.63) is 64.6 Å². The topological polar surface area (TPSA) is 119 Å². The fourth-order valence-corrected chi connectivity index (χ4v) is 4.25. The Hall–Kier alpha value is -3.12. The summed E-state index contributed by atoms with van der Waals surface area (Å²) in [6, 6.07) is 17.8. The van der Waals surface area contributed by atoms with Crippen molar-refractivity contribution < 1.29 is 42.3 Å². The van der Waals surface area contributed by atoms with Crippen LogP contribution in [0, 0.1) is 0 Å². The number of benzene rings is 2. The average Bonchev–Trinajstić information content (AvgIpc) is 2.86. The van der Waals surface area contributed by atoms with E-state index in [0.29, 0.717) is 13.0 Å². The largest absolute Gasteiger partial charge is 0.542 e. The zero-order valence-corrected chi connectivity index (χ0v) is 22.8. The van der Waals surface area contributed by atoms with Gasteiger partial charge in [-0.25, -0.2) is 4.79 Å². The molecule has 2 aromatic rings. The van der Waals surface area contributed by atoms with E-state index in [1.54, 1.807) is 0 Å². The maximum absolute atomic E-state index is 12.2. The minimum atomic E-state index is -5.19. The van der Waals surface area contributed by atoms with Crippen LogP contribution in [0.15, 0.2) is 59.1 Å². The summed E-state index contributed by atoms with van der Waals surface area (Å²) < 4.78 is 33.3. The quantitative estimate of drug-likeness (QED) is 0.239. The predicted octanol–water partition coefficient (Wildman–Crippen LogP) is 4.72. The Morgan fingerprint density at radius 3 is 2.08 bits per heavy atom. The highest BCUT2D eigenvalue weighted by atomic mass is 79.9. The molecule has 2 atom stereocenters. The maximum Gasteiger partial charge on any atom is 0.430 e. The molecule has 8 nitrogen and oxygen atoms in total. The third-order valence-electron chi connectivity index (χ3n) is 6.13. The molecule has 12 heteroatoms. The summed E-state index contributed by atoms with van der Waals surface area (Å²) in [6.45, 7) is 7.50. The first-order valence-corrected chi connectivity index (χ1v) is 12.8. The summed E-state index contributed by atoms with van der Waals surface area (Å²) in [5, 5.41) is 23.6. The Morgan fingerprint density at radius 2 is 1.58 bits per heavy atom. The minimum absolute atomic E-state index is 0.176. The van der Waals surface area contributed by atoms with Gasteiger partial charge in [0.2, 0.25) is 0 Å². The number of carboxylic acids is 2. The monoisotopic (exact) mass is 603 g/mol. The lowest BCUT2D eigenvalue weighted by atomic mass is 10.0. The van der Waals surface area contributed by atoms with Gasteiger partial charge in [0.15, 0.2) is 0 Å². The minimum Gasteiger partial charge on any atom is -0.542 e. The van der Waals surface area contributed by atoms with Gasteiger partial charge in [-0.1, -0.05) is 46.3 Å². The van der Waals surface area contributed by atoms with Crippen molar-refractivity contribution in [2.24, 2.45) is 0 Å². The lowest BCUT2D eigenvalue weighted by Crippen LogP contribution is -2.51. The number of quaternary nitrogens is 1. The molecule has 0 saturated carbocycles. The zero-order valence-electron chi connectivity index (χ0n) is 21.3. The number of nitrogens with zero attached hydrogens (tertiary/aromatic N) is 1. The van der Waals surface area contributed by atoms with Crippen LogP contribution in [0.1, 0.15) is 44.7 Å². The standard InChI is InChI=1S/C24H32BrN3O3.C2HF3O2/c1-3-28(17-7-11-23(29)30,19(2)20-9-5-4-6-10-20)18-8-16-26-24(31)27-22-14-12-21(25)13-15-22;3-2(4,5)1(6)7/h4-6,9-10,12-15,19H,3,7-8,11,16-18H2,1-2H3,(H2-,26,27,29,30,31);(H,6,7)/t19-,28?;/m0./s1. The Kier molecular flexibility index (Phi) is 13.8. The van der Waals surface area contributed by atoms with E-state index in [1.807, 2.05) is 42.5 Å². The molecule has 3 N–H and O–H groups in total. The number of carbonyl (C=O) groups is 3. The Bertz CT molecular complexity index is 1020. The van der Waals surface area contributed by atoms with E-state index in [-0.39, 0.29) is 18.5 Å². The second-order valence-corrected chi connectivity index (χ2v) is 9.51. The van der Waals surface area contributed by atoms with E-state index >= 15 is 0 Å². The molecular weight excluding hydrogens is 571 g/mol. The van der Waals surface area contributed by atoms with Crippen LogP contribution >= 0.6 is 15.9 Å². The van der Waals surface area contributed by atoms with Gasteiger partial charge in [-0.3, -0.25) is 4.79 Å². The van der Waals surface area contributed by atoms with Crippen LogP contribution in [0.2, 0.25) is 0 Å². The summed E-state index contributed by atoms with van der Waals surface area (Å²) in [7, 11) is 0. The Labute approximate surface area is 228 Å². The van der Waals surface area contributed by atoms with E-state index in [1.165, 1.54) is 5.56 Å². The lowest BCUT2D eigenvalue weighted by molar-refractivity contribution is -0.954. The molecule has 0 bridgehead atoms. The highest BCUT2D eigenvalue weighted by molar-refractivity contribution is 9.10. The highest BCUT2D eigenvalue weighted by Crippen LogP contribution is 2.29. The van der Waals surface area contributed by atoms with Crippen molar-refractivity contribution in [2.75, 3.05) is 31.5 Å². The number of nitrogens with one attached hydrogen (secondary N) is 2. The van der Waals surface area contributed by atoms with Crippen molar-refractivity contribution >= 4 is 39.6 Å². The molecule has 0 aliphatic heterocycles. The number of rotatable bonds is 12. The maximum atomic E-state index is 12.2. The summed E-state index contributed by atoms with van der Waals surface area (Å²) in [4.78, 5) is 32.0. The summed E-state index contributed by atoms with van der Waals surface area (Å²) in [5.74, 6) is -3.76. The number of carboxylic acid groups (broad SMARTS) is 2. The molecule has 2 rings (SSSR count). The van der Waals surface area contributed by atoms with E-state index in [4.69, 9.17) is 15.0 Å². The second-order valence-electron chi connectivity index (χ2n) is 8.59. The number of hydrogen-bond acceptors (Lipinski definition) is 4. The van der Waals surface area contributed by atoms with Crippen molar-refractivity contribution in [2.45, 2.75) is 45.3 Å². The van der Waals surface area contributed by atoms with Gasteiger partial charge >= 0.3 is 18.2 Å². The number of amides is 2. The molecule has 0 aromatic heterocycles. The van der Waals surface area contributed by atoms with Crippen LogP contribution in [0.25, 0.3) is 0 Å². The van der Waals surface area contributed by atoms with Crippen LogP contribution in [-0.2, 0) is 9.59 Å². The summed E-state index contributed by atoms with van der Waals surface area (Å²) >= 11 is 3.38. The molecule has 2 amide bonds. The number of carbonyl (C=O) groups excluding carboxylic acids is 2. The fraction of sp³-hybridized carbons (Fsp3) is 0.423. The van der Waals surface area contributed by atoms with Gasteiger partial charge in [0, 0.05) is 35.1 Å². The van der Waals surface area contributed by atoms with Gasteiger partial charge in [0.25, 0.3) is 0 Å². The second kappa shape index (κ2) is 16.0. The number of urea groups is 1. The van der Waals surface area contributed by atoms with Crippen molar-refractivity contribution in [1.29, 1.82) is 0 Å². The zero-order chi connectivity index (χ0) is 28.8. The van der Waals surface area contributed by atoms with E-state index < -0.39 is 18.1 Å². The van der Waals surface area contributed by atoms with Gasteiger partial charge in [-0.2, -0.15) is 13.2 Å². The molecule has 0 spiro atoms. The van der Waals surface area contributed by atoms with Gasteiger partial charge in [-0.05, 0) is 38.1 Å². The van der Waals surface area contributed by atoms with Crippen molar-refractivity contribution in [1.82, 2.24) is 5.32 Å². The van der Waals surface area contributed by atoms with Crippen LogP contribution < -0.4 is 15.7 Å². The van der Waals surface area contributed by atoms with Crippen LogP contribution in [0.5, 0.6) is 0 Å². The van der Waals surface area contributed by atoms with Gasteiger partial charge in [-0.15, -0.1) is 0 Å². The van der Waals surface area contributed by atoms with Crippen molar-refractivity contribution in [3.8, 4) is 0 Å². The molecular formula is C26H33BrF3N3O5. The van der Waals surface area contributed by atoms with Crippen LogP contribution in [-0.4, -0.2) is 59.9 Å². The molecule has 0 aliphatic rings. The normalized spacial score (nSPS) is 13.3. The third-order valence-corrected chi connectivity index (χ3v) is 6.66. The summed E-state index contributed by atoms with van der Waals surface area (Å²) in [5.41, 5.74) is 1.99. The fourth-order valence-electron chi connectivity index (χ4n) is 3.99. The third kappa shape index (κ3) is 12.0. The lowest BCUT2D eigenvalue weighted by Gasteiger charge is -2.43. The molecule has 0 fully saturated rings. The van der Waals surface area contributed by atoms with Gasteiger partial charge in [0.05, 0.1) is 26.1 Å². The molecule has 210 valence electrons. The molecule has 0 radical (unpaired) electrons. The molecule has 1 unspecified atom stereocenters. The smallest absolute Gasteiger partial charge is 0.430 e. The highest BCUT2D eigenvalue weighted by Gasteiger charge is 2.33. The van der Waals surface area contributed by atoms with E-state index in [2.05, 4.69) is 52.5 Å². The SMILES string of the molecule is CC[N+](CCCNC(=O)Nc1ccc(Br)cc1)(CCCC(=O)O)[C@@H](C)c1ccccc1.O=C([O-])C(F)(F)F. The Morgan fingerprint density at radius 1 is 1.03 bits per heavy atom. The number of halogens is 4. The average molecular weight is 604 g/mol. The first kappa shape index (κ1) is 32.9. The van der Waals surface area contributed by atoms with Crippen LogP contribution in [0.3, 0.4) is 0 Å². The van der Waals surface area contributed by atoms with Crippen LogP contribution in [0.4, 0.5) is 23.7 Å². The summed E-state index contributed by atoms with van der Waals surface area (Å²) in [6.07, 6.45) is -3.57. The molecule has 2 aromatic carbocycles. The molecule has 0 heterocycles. The first-order valence-electron chi connectivity index (χ1n) is 12.0. The number of anilines is 1. The number of hydrogen-bond donors (Lipinski definition) is 3. The number of aliphatic carboxylic acids is 2. The van der Waals surface area contributed by atoms with Crippen molar-refractivity contribution in [3.63, 3.8) is 0 Å². The van der Waals surface area contributed by atoms with Gasteiger partial charge in [0.1, 0.15) is 12.0 Å². The first-order chi connectivity index (χ1) is 17.8. The molecule has 0 aliphatic carbocycles. The predicted molar refractivity (Wildman–Crippen MR) is 139 cm³/mol. The molecule has 0 saturated heterocycles. The van der Waals surface area contributed by atoms with E-state index in [9.17, 15) is 22.8 Å². The van der Waals surface area contributed by atoms with E-state index in [0.717, 1.165) is 40.7 Å². The number of alkyl halides is 3.